The second-order valence-corrected chi connectivity index (χ2v) is 2.36. The SMILES string of the molecule is CCn1cc2c[c]ncc2n1. The molecule has 0 spiro atoms. The van der Waals surface area contributed by atoms with Crippen LogP contribution in [0.15, 0.2) is 18.5 Å². The van der Waals surface area contributed by atoms with E-state index < -0.39 is 0 Å². The van der Waals surface area contributed by atoms with E-state index in [4.69, 9.17) is 0 Å². The van der Waals surface area contributed by atoms with Crippen molar-refractivity contribution in [3.8, 4) is 0 Å². The fourth-order valence-corrected chi connectivity index (χ4v) is 1.03. The average Bonchev–Trinajstić information content (AvgIpc) is 2.46. The van der Waals surface area contributed by atoms with E-state index >= 15 is 0 Å². The van der Waals surface area contributed by atoms with Crippen LogP contribution in [0.3, 0.4) is 0 Å². The van der Waals surface area contributed by atoms with Crippen LogP contribution < -0.4 is 0 Å². The highest BCUT2D eigenvalue weighted by Crippen LogP contribution is 2.08. The summed E-state index contributed by atoms with van der Waals surface area (Å²) in [7, 11) is 0. The number of aryl methyl sites for hydroxylation is 1. The van der Waals surface area contributed by atoms with Crippen LogP contribution in [0.1, 0.15) is 6.92 Å². The van der Waals surface area contributed by atoms with Crippen LogP contribution in [0.25, 0.3) is 10.9 Å². The first-order valence-corrected chi connectivity index (χ1v) is 3.59. The zero-order chi connectivity index (χ0) is 7.68. The third kappa shape index (κ3) is 0.981. The van der Waals surface area contributed by atoms with Crippen LogP contribution in [0, 0.1) is 6.20 Å². The minimum Gasteiger partial charge on any atom is -0.272 e. The minimum absolute atomic E-state index is 0.897. The van der Waals surface area contributed by atoms with Gasteiger partial charge in [-0.2, -0.15) is 5.10 Å². The van der Waals surface area contributed by atoms with E-state index in [0.717, 1.165) is 17.4 Å². The lowest BCUT2D eigenvalue weighted by molar-refractivity contribution is 0.667. The molecule has 0 atom stereocenters. The molecule has 11 heavy (non-hydrogen) atoms. The molecule has 0 aromatic carbocycles. The Kier molecular flexibility index (Phi) is 1.35. The Morgan fingerprint density at radius 3 is 3.27 bits per heavy atom. The van der Waals surface area contributed by atoms with Gasteiger partial charge in [-0.15, -0.1) is 0 Å². The summed E-state index contributed by atoms with van der Waals surface area (Å²) in [6.07, 6.45) is 6.49. The lowest BCUT2D eigenvalue weighted by atomic mass is 10.3. The number of hydrogen-bond donors (Lipinski definition) is 0. The predicted octanol–water partition coefficient (Wildman–Crippen LogP) is 1.25. The molecule has 2 rings (SSSR count). The van der Waals surface area contributed by atoms with Crippen molar-refractivity contribution in [1.82, 2.24) is 14.8 Å². The molecule has 2 aromatic heterocycles. The summed E-state index contributed by atoms with van der Waals surface area (Å²) in [5, 5.41) is 5.36. The Morgan fingerprint density at radius 1 is 1.64 bits per heavy atom. The van der Waals surface area contributed by atoms with Crippen LogP contribution >= 0.6 is 0 Å². The summed E-state index contributed by atoms with van der Waals surface area (Å²) < 4.78 is 1.89. The van der Waals surface area contributed by atoms with Gasteiger partial charge in [-0.05, 0) is 13.0 Å². The third-order valence-electron chi connectivity index (χ3n) is 1.63. The molecule has 0 bridgehead atoms. The summed E-state index contributed by atoms with van der Waals surface area (Å²) in [5.41, 5.74) is 0.936. The Balaban J connectivity index is 2.69. The van der Waals surface area contributed by atoms with Crippen LogP contribution in [-0.4, -0.2) is 14.8 Å². The second-order valence-electron chi connectivity index (χ2n) is 2.36. The first kappa shape index (κ1) is 6.34. The highest BCUT2D eigenvalue weighted by molar-refractivity contribution is 5.76. The van der Waals surface area contributed by atoms with Gasteiger partial charge in [0, 0.05) is 18.1 Å². The molecule has 0 saturated heterocycles. The topological polar surface area (TPSA) is 30.7 Å². The molecule has 0 amide bonds. The second kappa shape index (κ2) is 2.34. The summed E-state index contributed by atoms with van der Waals surface area (Å²) in [6, 6.07) is 1.84. The summed E-state index contributed by atoms with van der Waals surface area (Å²) in [4.78, 5) is 3.86. The van der Waals surface area contributed by atoms with Crippen molar-refractivity contribution in [3.63, 3.8) is 0 Å². The number of pyridine rings is 1. The van der Waals surface area contributed by atoms with Gasteiger partial charge in [-0.25, -0.2) is 0 Å². The van der Waals surface area contributed by atoms with Crippen molar-refractivity contribution >= 4 is 10.9 Å². The molecule has 0 fully saturated rings. The molecule has 2 heterocycles. The maximum atomic E-state index is 4.27. The Hall–Kier alpha value is -1.38. The lowest BCUT2D eigenvalue weighted by Crippen LogP contribution is -1.92. The number of rotatable bonds is 1. The average molecular weight is 146 g/mol. The minimum atomic E-state index is 0.897. The zero-order valence-corrected chi connectivity index (χ0v) is 6.28. The van der Waals surface area contributed by atoms with Gasteiger partial charge in [-0.3, -0.25) is 9.67 Å². The number of aromatic nitrogens is 3. The number of hydrogen-bond acceptors (Lipinski definition) is 2. The molecule has 3 nitrogen and oxygen atoms in total. The van der Waals surface area contributed by atoms with Crippen molar-refractivity contribution in [1.29, 1.82) is 0 Å². The molecule has 0 aliphatic rings. The quantitative estimate of drug-likeness (QED) is 0.606. The molecule has 0 unspecified atom stereocenters. The van der Waals surface area contributed by atoms with Crippen molar-refractivity contribution in [2.24, 2.45) is 0 Å². The van der Waals surface area contributed by atoms with Gasteiger partial charge in [0.1, 0.15) is 5.52 Å². The molecule has 0 saturated carbocycles. The van der Waals surface area contributed by atoms with Crippen LogP contribution in [0.4, 0.5) is 0 Å². The molecule has 0 aliphatic heterocycles. The van der Waals surface area contributed by atoms with E-state index in [0.29, 0.717) is 0 Å². The maximum Gasteiger partial charge on any atom is 0.111 e. The third-order valence-corrected chi connectivity index (χ3v) is 1.63. The van der Waals surface area contributed by atoms with Gasteiger partial charge >= 0.3 is 0 Å². The Morgan fingerprint density at radius 2 is 2.55 bits per heavy atom. The summed E-state index contributed by atoms with van der Waals surface area (Å²) >= 11 is 0. The van der Waals surface area contributed by atoms with Crippen molar-refractivity contribution in [2.45, 2.75) is 13.5 Å². The fraction of sp³-hybridized carbons (Fsp3) is 0.250. The molecule has 0 N–H and O–H groups in total. The van der Waals surface area contributed by atoms with Gasteiger partial charge in [0.15, 0.2) is 0 Å². The van der Waals surface area contributed by atoms with Crippen LogP contribution in [-0.2, 0) is 6.54 Å². The van der Waals surface area contributed by atoms with Crippen molar-refractivity contribution in [3.05, 3.63) is 24.7 Å². The first-order valence-electron chi connectivity index (χ1n) is 3.59. The molecule has 1 radical (unpaired) electrons. The van der Waals surface area contributed by atoms with Gasteiger partial charge < -0.3 is 0 Å². The molecular formula is C8H8N3. The lowest BCUT2D eigenvalue weighted by Gasteiger charge is -1.88. The standard InChI is InChI=1S/C8H8N3/c1-2-11-6-7-3-4-9-5-8(7)10-11/h3,5-6H,2H2,1H3. The van der Waals surface area contributed by atoms with Crippen molar-refractivity contribution < 1.29 is 0 Å². The molecule has 0 aliphatic carbocycles. The van der Waals surface area contributed by atoms with E-state index in [1.54, 1.807) is 6.20 Å². The van der Waals surface area contributed by atoms with Gasteiger partial charge in [0.2, 0.25) is 0 Å². The van der Waals surface area contributed by atoms with Crippen LogP contribution in [0.2, 0.25) is 0 Å². The monoisotopic (exact) mass is 146 g/mol. The Bertz CT molecular complexity index is 331. The predicted molar refractivity (Wildman–Crippen MR) is 42.0 cm³/mol. The summed E-state index contributed by atoms with van der Waals surface area (Å²) in [5.74, 6) is 0. The smallest absolute Gasteiger partial charge is 0.111 e. The summed E-state index contributed by atoms with van der Waals surface area (Å²) in [6.45, 7) is 2.96. The van der Waals surface area contributed by atoms with E-state index in [1.165, 1.54) is 0 Å². The number of nitrogens with zero attached hydrogens (tertiary/aromatic N) is 3. The zero-order valence-electron chi connectivity index (χ0n) is 6.28. The van der Waals surface area contributed by atoms with E-state index in [2.05, 4.69) is 23.2 Å². The van der Waals surface area contributed by atoms with Crippen LogP contribution in [0.5, 0.6) is 0 Å². The Labute approximate surface area is 64.7 Å². The normalized spacial score (nSPS) is 10.6. The molecule has 2 aromatic rings. The van der Waals surface area contributed by atoms with E-state index in [9.17, 15) is 0 Å². The largest absolute Gasteiger partial charge is 0.272 e. The fourth-order valence-electron chi connectivity index (χ4n) is 1.03. The number of fused-ring (bicyclic) bond motifs is 1. The molecular weight excluding hydrogens is 138 g/mol. The van der Waals surface area contributed by atoms with Gasteiger partial charge in [-0.1, -0.05) is 0 Å². The van der Waals surface area contributed by atoms with E-state index in [1.807, 2.05) is 16.9 Å². The van der Waals surface area contributed by atoms with Gasteiger partial charge in [0.05, 0.1) is 12.4 Å². The maximum absolute atomic E-state index is 4.27. The highest BCUT2D eigenvalue weighted by atomic mass is 15.3. The van der Waals surface area contributed by atoms with E-state index in [-0.39, 0.29) is 0 Å². The van der Waals surface area contributed by atoms with Gasteiger partial charge in [0.25, 0.3) is 0 Å². The van der Waals surface area contributed by atoms with Crippen molar-refractivity contribution in [2.75, 3.05) is 0 Å². The molecule has 55 valence electrons. The molecule has 3 heteroatoms. The highest BCUT2D eigenvalue weighted by Gasteiger charge is 1.96. The first-order chi connectivity index (χ1) is 5.40.